The zero-order chi connectivity index (χ0) is 24.0. The highest BCUT2D eigenvalue weighted by Gasteiger charge is 2.27. The monoisotopic (exact) mass is 469 g/mol. The third-order valence-corrected chi connectivity index (χ3v) is 4.73. The van der Waals surface area contributed by atoms with Crippen LogP contribution < -0.4 is 15.4 Å². The van der Waals surface area contributed by atoms with E-state index in [9.17, 15) is 28.5 Å². The minimum Gasteiger partial charge on any atom is -0.488 e. The molecule has 0 spiro atoms. The Morgan fingerprint density at radius 2 is 1.81 bits per heavy atom. The number of carbonyl (C=O) groups excluding carboxylic acids is 2. The Labute approximate surface area is 188 Å². The Bertz CT molecular complexity index is 1020. The molecular weight excluding hydrogens is 448 g/mol. The van der Waals surface area contributed by atoms with E-state index in [0.29, 0.717) is 6.07 Å². The van der Waals surface area contributed by atoms with Gasteiger partial charge in [-0.2, -0.15) is 0 Å². The Balaban J connectivity index is 2.01. The molecule has 2 atom stereocenters. The van der Waals surface area contributed by atoms with Crippen molar-refractivity contribution in [2.24, 2.45) is 5.92 Å². The van der Waals surface area contributed by atoms with Gasteiger partial charge in [-0.25, -0.2) is 8.78 Å². The molecule has 2 N–H and O–H groups in total. The summed E-state index contributed by atoms with van der Waals surface area (Å²) in [7, 11) is 0. The SMILES string of the molecule is CC(COc1ccc(F)cc1F)NC(=O)C(NC(=O)c1ccc([N+](=O)[O-])cc1Cl)C(C)C. The summed E-state index contributed by atoms with van der Waals surface area (Å²) in [5.74, 6) is -3.25. The average molecular weight is 470 g/mol. The second-order valence-electron chi connectivity index (χ2n) is 7.41. The van der Waals surface area contributed by atoms with Gasteiger partial charge in [0.25, 0.3) is 11.6 Å². The molecule has 0 fully saturated rings. The van der Waals surface area contributed by atoms with Crippen molar-refractivity contribution < 1.29 is 28.0 Å². The molecule has 32 heavy (non-hydrogen) atoms. The zero-order valence-electron chi connectivity index (χ0n) is 17.5. The number of halogens is 3. The Kier molecular flexibility index (Phi) is 8.48. The van der Waals surface area contributed by atoms with E-state index in [4.69, 9.17) is 16.3 Å². The fraction of sp³-hybridized carbons (Fsp3) is 0.333. The first-order valence-electron chi connectivity index (χ1n) is 9.62. The van der Waals surface area contributed by atoms with Gasteiger partial charge >= 0.3 is 0 Å². The molecule has 0 bridgehead atoms. The summed E-state index contributed by atoms with van der Waals surface area (Å²) in [6.45, 7) is 4.96. The first-order chi connectivity index (χ1) is 15.0. The van der Waals surface area contributed by atoms with Gasteiger partial charge in [0.05, 0.1) is 21.6 Å². The van der Waals surface area contributed by atoms with Crippen molar-refractivity contribution in [3.8, 4) is 5.75 Å². The molecule has 0 saturated carbocycles. The Hall–Kier alpha value is -3.27. The fourth-order valence-corrected chi connectivity index (χ4v) is 3.00. The number of nitrogens with zero attached hydrogens (tertiary/aromatic N) is 1. The molecule has 2 aromatic carbocycles. The van der Waals surface area contributed by atoms with Crippen LogP contribution in [-0.2, 0) is 4.79 Å². The third-order valence-electron chi connectivity index (χ3n) is 4.42. The van der Waals surface area contributed by atoms with Gasteiger partial charge < -0.3 is 15.4 Å². The van der Waals surface area contributed by atoms with Crippen LogP contribution in [0.5, 0.6) is 5.75 Å². The highest BCUT2D eigenvalue weighted by atomic mass is 35.5. The largest absolute Gasteiger partial charge is 0.488 e. The number of rotatable bonds is 9. The topological polar surface area (TPSA) is 111 Å². The van der Waals surface area contributed by atoms with Crippen LogP contribution in [0.1, 0.15) is 31.1 Å². The lowest BCUT2D eigenvalue weighted by Gasteiger charge is -2.24. The number of amides is 2. The predicted molar refractivity (Wildman–Crippen MR) is 114 cm³/mol. The van der Waals surface area contributed by atoms with Crippen molar-refractivity contribution in [1.82, 2.24) is 10.6 Å². The number of ether oxygens (including phenoxy) is 1. The van der Waals surface area contributed by atoms with Crippen molar-refractivity contribution in [1.29, 1.82) is 0 Å². The van der Waals surface area contributed by atoms with E-state index in [-0.39, 0.29) is 34.5 Å². The maximum atomic E-state index is 13.7. The normalized spacial score (nSPS) is 12.7. The molecule has 2 rings (SSSR count). The second-order valence-corrected chi connectivity index (χ2v) is 7.82. The number of benzene rings is 2. The fourth-order valence-electron chi connectivity index (χ4n) is 2.74. The molecule has 2 unspecified atom stereocenters. The molecule has 2 amide bonds. The van der Waals surface area contributed by atoms with E-state index in [1.54, 1.807) is 20.8 Å². The lowest BCUT2D eigenvalue weighted by atomic mass is 10.0. The Morgan fingerprint density at radius 1 is 1.12 bits per heavy atom. The van der Waals surface area contributed by atoms with E-state index in [0.717, 1.165) is 24.3 Å². The summed E-state index contributed by atoms with van der Waals surface area (Å²) in [5.41, 5.74) is -0.282. The van der Waals surface area contributed by atoms with Gasteiger partial charge in [0.15, 0.2) is 11.6 Å². The highest BCUT2D eigenvalue weighted by Crippen LogP contribution is 2.23. The van der Waals surface area contributed by atoms with E-state index >= 15 is 0 Å². The van der Waals surface area contributed by atoms with Crippen LogP contribution in [0.15, 0.2) is 36.4 Å². The van der Waals surface area contributed by atoms with Gasteiger partial charge in [0.2, 0.25) is 5.91 Å². The maximum Gasteiger partial charge on any atom is 0.270 e. The van der Waals surface area contributed by atoms with Gasteiger partial charge in [0.1, 0.15) is 18.5 Å². The van der Waals surface area contributed by atoms with E-state index in [1.807, 2.05) is 0 Å². The number of nitro benzene ring substituents is 1. The van der Waals surface area contributed by atoms with E-state index in [2.05, 4.69) is 10.6 Å². The molecule has 172 valence electrons. The van der Waals surface area contributed by atoms with Gasteiger partial charge in [-0.15, -0.1) is 0 Å². The second kappa shape index (κ2) is 10.9. The van der Waals surface area contributed by atoms with Crippen LogP contribution in [0.2, 0.25) is 5.02 Å². The van der Waals surface area contributed by atoms with Crippen molar-refractivity contribution in [2.45, 2.75) is 32.9 Å². The van der Waals surface area contributed by atoms with Crippen LogP contribution in [0, 0.1) is 27.7 Å². The molecule has 0 aliphatic carbocycles. The minimum atomic E-state index is -0.946. The number of hydrogen-bond acceptors (Lipinski definition) is 5. The number of non-ortho nitro benzene ring substituents is 1. The lowest BCUT2D eigenvalue weighted by molar-refractivity contribution is -0.384. The first kappa shape index (κ1) is 25.0. The molecule has 11 heteroatoms. The summed E-state index contributed by atoms with van der Waals surface area (Å²) in [4.78, 5) is 35.4. The number of nitro groups is 1. The minimum absolute atomic E-state index is 0.0149. The molecule has 0 aliphatic heterocycles. The van der Waals surface area contributed by atoms with Gasteiger partial charge in [-0.3, -0.25) is 19.7 Å². The van der Waals surface area contributed by atoms with Crippen molar-refractivity contribution in [2.75, 3.05) is 6.61 Å². The van der Waals surface area contributed by atoms with E-state index < -0.39 is 40.5 Å². The predicted octanol–water partition coefficient (Wildman–Crippen LogP) is 3.86. The summed E-state index contributed by atoms with van der Waals surface area (Å²) in [6, 6.07) is 4.77. The van der Waals surface area contributed by atoms with Crippen LogP contribution in [0.25, 0.3) is 0 Å². The standard InChI is InChI=1S/C21H22ClF2N3O5/c1-11(2)19(26-20(28)15-6-5-14(27(30)31)9-16(15)22)21(29)25-12(3)10-32-18-7-4-13(23)8-17(18)24/h4-9,11-12,19H,10H2,1-3H3,(H,25,29)(H,26,28). The third kappa shape index (κ3) is 6.61. The summed E-state index contributed by atoms with van der Waals surface area (Å²) in [5, 5.41) is 15.9. The van der Waals surface area contributed by atoms with Gasteiger partial charge in [-0.1, -0.05) is 25.4 Å². The molecule has 0 saturated heterocycles. The Morgan fingerprint density at radius 3 is 2.38 bits per heavy atom. The zero-order valence-corrected chi connectivity index (χ0v) is 18.3. The van der Waals surface area contributed by atoms with Crippen LogP contribution in [0.4, 0.5) is 14.5 Å². The maximum absolute atomic E-state index is 13.7. The molecule has 8 nitrogen and oxygen atoms in total. The molecule has 0 heterocycles. The summed E-state index contributed by atoms with van der Waals surface area (Å²) in [6.07, 6.45) is 0. The van der Waals surface area contributed by atoms with Crippen LogP contribution in [-0.4, -0.2) is 35.4 Å². The smallest absolute Gasteiger partial charge is 0.270 e. The van der Waals surface area contributed by atoms with Crippen molar-refractivity contribution in [3.05, 3.63) is 68.7 Å². The quantitative estimate of drug-likeness (QED) is 0.428. The van der Waals surface area contributed by atoms with Crippen molar-refractivity contribution >= 4 is 29.1 Å². The van der Waals surface area contributed by atoms with Crippen molar-refractivity contribution in [3.63, 3.8) is 0 Å². The molecular formula is C21H22ClF2N3O5. The summed E-state index contributed by atoms with van der Waals surface area (Å²) >= 11 is 5.98. The molecule has 0 radical (unpaired) electrons. The molecule has 0 aliphatic rings. The number of hydrogen-bond donors (Lipinski definition) is 2. The lowest BCUT2D eigenvalue weighted by Crippen LogP contribution is -2.52. The van der Waals surface area contributed by atoms with Gasteiger partial charge in [0, 0.05) is 18.2 Å². The molecule has 2 aromatic rings. The van der Waals surface area contributed by atoms with Crippen LogP contribution in [0.3, 0.4) is 0 Å². The highest BCUT2D eigenvalue weighted by molar-refractivity contribution is 6.34. The number of carbonyl (C=O) groups is 2. The number of nitrogens with one attached hydrogen (secondary N) is 2. The average Bonchev–Trinajstić information content (AvgIpc) is 2.70. The van der Waals surface area contributed by atoms with Crippen LogP contribution >= 0.6 is 11.6 Å². The molecule has 0 aromatic heterocycles. The van der Waals surface area contributed by atoms with E-state index in [1.165, 1.54) is 6.07 Å². The first-order valence-corrected chi connectivity index (χ1v) is 10.0. The van der Waals surface area contributed by atoms with Gasteiger partial charge in [-0.05, 0) is 31.0 Å². The summed E-state index contributed by atoms with van der Waals surface area (Å²) < 4.78 is 31.9.